The minimum absolute atomic E-state index is 0.0270. The highest BCUT2D eigenvalue weighted by Crippen LogP contribution is 2.34. The van der Waals surface area contributed by atoms with E-state index in [0.29, 0.717) is 20.2 Å². The Balaban J connectivity index is 2.20. The van der Waals surface area contributed by atoms with Gasteiger partial charge in [0.2, 0.25) is 5.91 Å². The van der Waals surface area contributed by atoms with Gasteiger partial charge in [0.25, 0.3) is 10.9 Å². The Morgan fingerprint density at radius 3 is 2.70 bits per heavy atom. The fourth-order valence-electron chi connectivity index (χ4n) is 2.21. The molecular weight excluding hydrogens is 390 g/mol. The maximum absolute atomic E-state index is 12.3. The highest BCUT2D eigenvalue weighted by Gasteiger charge is 2.26. The third-order valence-corrected chi connectivity index (χ3v) is 5.68. The Hall–Kier alpha value is -2.59. The van der Waals surface area contributed by atoms with Gasteiger partial charge in [0.15, 0.2) is 6.20 Å². The number of carbonyl (C=O) groups is 3. The van der Waals surface area contributed by atoms with Crippen LogP contribution in [-0.4, -0.2) is 37.2 Å². The molecule has 0 radical (unpaired) electrons. The Bertz CT molecular complexity index is 866. The molecule has 0 saturated carbocycles. The molecule has 2 amide bonds. The van der Waals surface area contributed by atoms with Crippen LogP contribution in [-0.2, 0) is 9.53 Å². The molecule has 0 atom stereocenters. The molecule has 2 aromatic heterocycles. The van der Waals surface area contributed by atoms with Crippen molar-refractivity contribution in [1.29, 1.82) is 0 Å². The number of hydrogen-bond donors (Lipinski definition) is 2. The van der Waals surface area contributed by atoms with Crippen molar-refractivity contribution in [2.24, 2.45) is 0 Å². The zero-order valence-corrected chi connectivity index (χ0v) is 16.7. The van der Waals surface area contributed by atoms with Gasteiger partial charge in [-0.25, -0.2) is 4.79 Å². The summed E-state index contributed by atoms with van der Waals surface area (Å²) in [5.74, 6) is -1.39. The van der Waals surface area contributed by atoms with Crippen molar-refractivity contribution in [2.45, 2.75) is 18.9 Å². The zero-order chi connectivity index (χ0) is 20.0. The smallest absolute Gasteiger partial charge is 0.341 e. The van der Waals surface area contributed by atoms with Crippen molar-refractivity contribution in [3.05, 3.63) is 45.6 Å². The van der Waals surface area contributed by atoms with E-state index in [1.54, 1.807) is 32.0 Å². The molecule has 10 heteroatoms. The lowest BCUT2D eigenvalue weighted by molar-refractivity contribution is -0.645. The number of thioether (sulfide) groups is 1. The maximum Gasteiger partial charge on any atom is 0.341 e. The normalized spacial score (nSPS) is 10.3. The lowest BCUT2D eigenvalue weighted by atomic mass is 10.1. The van der Waals surface area contributed by atoms with Crippen LogP contribution in [0.4, 0.5) is 5.00 Å². The van der Waals surface area contributed by atoms with Crippen molar-refractivity contribution in [3.63, 3.8) is 0 Å². The van der Waals surface area contributed by atoms with Gasteiger partial charge >= 0.3 is 5.97 Å². The SMILES string of the molecule is CCOC(=O)c1c(NC(=O)CSc2cccc[n+]2[O-])sc(C(=O)NC)c1C. The molecule has 0 aliphatic rings. The van der Waals surface area contributed by atoms with Crippen LogP contribution in [0.5, 0.6) is 0 Å². The molecule has 0 bridgehead atoms. The standard InChI is InChI=1S/C17H19N3O5S2/c1-4-25-17(23)13-10(2)14(15(22)18-3)27-16(13)19-11(21)9-26-12-7-5-6-8-20(12)24/h5-8H,4,9H2,1-3H3,(H,18,22)(H,19,21). The molecule has 2 heterocycles. The summed E-state index contributed by atoms with van der Waals surface area (Å²) in [6.07, 6.45) is 1.34. The monoisotopic (exact) mass is 409 g/mol. The number of rotatable bonds is 7. The minimum atomic E-state index is -0.607. The number of anilines is 1. The summed E-state index contributed by atoms with van der Waals surface area (Å²) in [7, 11) is 1.48. The van der Waals surface area contributed by atoms with E-state index in [1.165, 1.54) is 13.2 Å². The van der Waals surface area contributed by atoms with E-state index >= 15 is 0 Å². The second kappa shape index (κ2) is 9.38. The number of nitrogens with zero attached hydrogens (tertiary/aromatic N) is 1. The number of hydrogen-bond acceptors (Lipinski definition) is 7. The van der Waals surface area contributed by atoms with Gasteiger partial charge in [0.05, 0.1) is 22.8 Å². The second-order valence-corrected chi connectivity index (χ2v) is 7.28. The number of esters is 1. The van der Waals surface area contributed by atoms with Crippen LogP contribution in [0.1, 0.15) is 32.5 Å². The fourth-order valence-corrected chi connectivity index (χ4v) is 4.08. The number of aromatic nitrogens is 1. The van der Waals surface area contributed by atoms with Crippen molar-refractivity contribution in [1.82, 2.24) is 5.32 Å². The summed E-state index contributed by atoms with van der Waals surface area (Å²) >= 11 is 2.07. The van der Waals surface area contributed by atoms with Crippen LogP contribution in [0.25, 0.3) is 0 Å². The predicted molar refractivity (Wildman–Crippen MR) is 103 cm³/mol. The number of nitrogens with one attached hydrogen (secondary N) is 2. The van der Waals surface area contributed by atoms with E-state index in [0.717, 1.165) is 23.1 Å². The summed E-state index contributed by atoms with van der Waals surface area (Å²) in [4.78, 5) is 36.9. The van der Waals surface area contributed by atoms with Crippen molar-refractivity contribution >= 4 is 45.9 Å². The van der Waals surface area contributed by atoms with Crippen LogP contribution in [0.3, 0.4) is 0 Å². The summed E-state index contributed by atoms with van der Waals surface area (Å²) in [6.45, 7) is 3.47. The molecule has 0 saturated heterocycles. The lowest BCUT2D eigenvalue weighted by Crippen LogP contribution is -2.28. The van der Waals surface area contributed by atoms with E-state index in [-0.39, 0.29) is 28.8 Å². The Kier molecular flexibility index (Phi) is 7.19. The average molecular weight is 409 g/mol. The van der Waals surface area contributed by atoms with Crippen LogP contribution < -0.4 is 15.4 Å². The van der Waals surface area contributed by atoms with Crippen LogP contribution in [0.15, 0.2) is 29.4 Å². The summed E-state index contributed by atoms with van der Waals surface area (Å²) in [6, 6.07) is 4.90. The third-order valence-electron chi connectivity index (χ3n) is 3.45. The first-order valence-electron chi connectivity index (χ1n) is 8.02. The second-order valence-electron chi connectivity index (χ2n) is 5.26. The van der Waals surface area contributed by atoms with E-state index in [2.05, 4.69) is 10.6 Å². The van der Waals surface area contributed by atoms with Gasteiger partial charge < -0.3 is 20.6 Å². The largest absolute Gasteiger partial charge is 0.618 e. The number of pyridine rings is 1. The Labute approximate surface area is 164 Å². The first-order chi connectivity index (χ1) is 12.9. The van der Waals surface area contributed by atoms with Crippen LogP contribution >= 0.6 is 23.1 Å². The molecule has 8 nitrogen and oxygen atoms in total. The van der Waals surface area contributed by atoms with E-state index < -0.39 is 11.9 Å². The molecule has 144 valence electrons. The molecule has 0 aromatic carbocycles. The summed E-state index contributed by atoms with van der Waals surface area (Å²) in [5.41, 5.74) is 0.610. The zero-order valence-electron chi connectivity index (χ0n) is 15.0. The van der Waals surface area contributed by atoms with E-state index in [1.807, 2.05) is 0 Å². The van der Waals surface area contributed by atoms with Gasteiger partial charge in [-0.2, -0.15) is 4.73 Å². The highest BCUT2D eigenvalue weighted by molar-refractivity contribution is 7.99. The molecule has 2 N–H and O–H groups in total. The molecule has 0 fully saturated rings. The molecule has 0 spiro atoms. The fraction of sp³-hybridized carbons (Fsp3) is 0.294. The highest BCUT2D eigenvalue weighted by atomic mass is 32.2. The van der Waals surface area contributed by atoms with Crippen molar-refractivity contribution < 1.29 is 23.9 Å². The van der Waals surface area contributed by atoms with Crippen LogP contribution in [0, 0.1) is 12.1 Å². The van der Waals surface area contributed by atoms with Gasteiger partial charge in [0, 0.05) is 19.2 Å². The summed E-state index contributed by atoms with van der Waals surface area (Å²) < 4.78 is 5.71. The average Bonchev–Trinajstić information content (AvgIpc) is 2.96. The number of amides is 2. The van der Waals surface area contributed by atoms with Gasteiger partial charge in [0.1, 0.15) is 5.00 Å². The van der Waals surface area contributed by atoms with Crippen molar-refractivity contribution in [2.75, 3.05) is 24.7 Å². The third kappa shape index (κ3) is 4.98. The first kappa shape index (κ1) is 20.7. The predicted octanol–water partition coefficient (Wildman–Crippen LogP) is 1.96. The maximum atomic E-state index is 12.3. The van der Waals surface area contributed by atoms with Gasteiger partial charge in [-0.3, -0.25) is 9.59 Å². The molecule has 0 aliphatic carbocycles. The van der Waals surface area contributed by atoms with Crippen LogP contribution in [0.2, 0.25) is 0 Å². The molecule has 2 rings (SSSR count). The Morgan fingerprint density at radius 2 is 2.07 bits per heavy atom. The topological polar surface area (TPSA) is 111 Å². The quantitative estimate of drug-likeness (QED) is 0.313. The van der Waals surface area contributed by atoms with E-state index in [4.69, 9.17) is 4.74 Å². The number of ether oxygens (including phenoxy) is 1. The number of thiophene rings is 1. The van der Waals surface area contributed by atoms with E-state index in [9.17, 15) is 19.6 Å². The minimum Gasteiger partial charge on any atom is -0.618 e. The summed E-state index contributed by atoms with van der Waals surface area (Å²) in [5, 5.41) is 17.4. The molecule has 0 aliphatic heterocycles. The van der Waals surface area contributed by atoms with Gasteiger partial charge in [-0.1, -0.05) is 0 Å². The van der Waals surface area contributed by atoms with Crippen molar-refractivity contribution in [3.8, 4) is 0 Å². The van der Waals surface area contributed by atoms with Gasteiger partial charge in [-0.05, 0) is 37.2 Å². The van der Waals surface area contributed by atoms with Gasteiger partial charge in [-0.15, -0.1) is 11.3 Å². The number of carbonyl (C=O) groups excluding carboxylic acids is 3. The molecule has 0 unspecified atom stereocenters. The lowest BCUT2D eigenvalue weighted by Gasteiger charge is -2.07. The first-order valence-corrected chi connectivity index (χ1v) is 9.82. The Morgan fingerprint density at radius 1 is 1.33 bits per heavy atom. The molecule has 27 heavy (non-hydrogen) atoms. The molecular formula is C17H19N3O5S2. The molecule has 2 aromatic rings.